The number of anilines is 2. The lowest BCUT2D eigenvalue weighted by Gasteiger charge is -2.18. The van der Waals surface area contributed by atoms with Crippen molar-refractivity contribution in [2.75, 3.05) is 10.9 Å². The molecule has 4 rings (SSSR count). The number of phenolic OH excluding ortho intramolecular Hbond substituents is 2. The molecule has 0 amide bonds. The number of fused-ring (bicyclic) bond motifs is 2. The standard InChI is InChI=1S/C20H16N2O11S3/c23-15-9-16(35(28,29)30)13-3-1-2-4-14(13)18(15)21-22-19-12-6-5-11(34(25,26)27)7-10(12)8-17(20(19)24)36(31,32)33/h1-9,21-24H,(H,25,26,27)(H,28,29,30)(H,31,32,33). The summed E-state index contributed by atoms with van der Waals surface area (Å²) < 4.78 is 98.5. The smallest absolute Gasteiger partial charge is 0.298 e. The van der Waals surface area contributed by atoms with Gasteiger partial charge in [0.1, 0.15) is 26.9 Å². The van der Waals surface area contributed by atoms with Crippen molar-refractivity contribution in [3.63, 3.8) is 0 Å². The first-order chi connectivity index (χ1) is 16.6. The van der Waals surface area contributed by atoms with Crippen LogP contribution in [0.2, 0.25) is 0 Å². The second-order valence-corrected chi connectivity index (χ2v) is 11.7. The zero-order chi connectivity index (χ0) is 26.6. The number of nitrogens with one attached hydrogen (secondary N) is 2. The normalized spacial score (nSPS) is 12.6. The summed E-state index contributed by atoms with van der Waals surface area (Å²) in [7, 11) is -14.4. The Balaban J connectivity index is 1.92. The van der Waals surface area contributed by atoms with Crippen molar-refractivity contribution in [3.05, 3.63) is 54.6 Å². The SMILES string of the molecule is O=S(=O)(O)c1ccc2c(NNc3c(O)cc(S(=O)(=O)O)c4ccccc34)c(O)c(S(=O)(=O)O)cc2c1. The molecular weight excluding hydrogens is 540 g/mol. The van der Waals surface area contributed by atoms with Gasteiger partial charge in [-0.15, -0.1) is 0 Å². The summed E-state index contributed by atoms with van der Waals surface area (Å²) in [4.78, 5) is -2.17. The maximum Gasteiger partial charge on any atom is 0.298 e. The highest BCUT2D eigenvalue weighted by Gasteiger charge is 2.24. The van der Waals surface area contributed by atoms with E-state index in [0.29, 0.717) is 0 Å². The molecule has 4 aromatic rings. The fraction of sp³-hybridized carbons (Fsp3) is 0. The Labute approximate surface area is 203 Å². The lowest BCUT2D eigenvalue weighted by molar-refractivity contribution is 0.445. The van der Waals surface area contributed by atoms with Crippen LogP contribution in [0.15, 0.2) is 69.3 Å². The maximum absolute atomic E-state index is 11.8. The van der Waals surface area contributed by atoms with Gasteiger partial charge < -0.3 is 10.2 Å². The number of aromatic hydroxyl groups is 2. The molecule has 16 heteroatoms. The predicted molar refractivity (Wildman–Crippen MR) is 128 cm³/mol. The molecule has 0 aliphatic carbocycles. The molecule has 0 heterocycles. The van der Waals surface area contributed by atoms with E-state index in [0.717, 1.165) is 30.3 Å². The topological polar surface area (TPSA) is 228 Å². The van der Waals surface area contributed by atoms with E-state index in [4.69, 9.17) is 0 Å². The van der Waals surface area contributed by atoms with Crippen molar-refractivity contribution in [2.24, 2.45) is 0 Å². The Morgan fingerprint density at radius 3 is 1.75 bits per heavy atom. The van der Waals surface area contributed by atoms with Gasteiger partial charge in [0, 0.05) is 22.2 Å². The Bertz CT molecular complexity index is 1890. The number of benzene rings is 4. The Morgan fingerprint density at radius 1 is 0.583 bits per heavy atom. The number of hydrogen-bond donors (Lipinski definition) is 7. The van der Waals surface area contributed by atoms with Crippen LogP contribution in [0, 0.1) is 0 Å². The first-order valence-corrected chi connectivity index (χ1v) is 13.9. The van der Waals surface area contributed by atoms with Gasteiger partial charge in [0.25, 0.3) is 30.4 Å². The summed E-state index contributed by atoms with van der Waals surface area (Å²) in [5.41, 5.74) is 4.48. The van der Waals surface area contributed by atoms with E-state index in [9.17, 15) is 49.1 Å². The van der Waals surface area contributed by atoms with Crippen LogP contribution in [0.25, 0.3) is 21.5 Å². The van der Waals surface area contributed by atoms with Crippen LogP contribution < -0.4 is 10.9 Å². The summed E-state index contributed by atoms with van der Waals surface area (Å²) in [5.74, 6) is -1.63. The molecule has 7 N–H and O–H groups in total. The molecule has 4 aromatic carbocycles. The number of rotatable bonds is 6. The van der Waals surface area contributed by atoms with Gasteiger partial charge in [0.15, 0.2) is 5.75 Å². The lowest BCUT2D eigenvalue weighted by atomic mass is 10.1. The van der Waals surface area contributed by atoms with Crippen molar-refractivity contribution in [1.29, 1.82) is 0 Å². The summed E-state index contributed by atoms with van der Waals surface area (Å²) in [6.45, 7) is 0. The van der Waals surface area contributed by atoms with Crippen LogP contribution in [-0.4, -0.2) is 49.1 Å². The fourth-order valence-corrected chi connectivity index (χ4v) is 5.48. The van der Waals surface area contributed by atoms with Gasteiger partial charge in [0.2, 0.25) is 0 Å². The minimum atomic E-state index is -5.02. The third-order valence-corrected chi connectivity index (χ3v) is 7.81. The summed E-state index contributed by atoms with van der Waals surface area (Å²) in [6.07, 6.45) is 0. The van der Waals surface area contributed by atoms with E-state index >= 15 is 0 Å². The summed E-state index contributed by atoms with van der Waals surface area (Å²) in [5, 5.41) is 21.0. The van der Waals surface area contributed by atoms with Crippen LogP contribution in [0.5, 0.6) is 11.5 Å². The highest BCUT2D eigenvalue weighted by molar-refractivity contribution is 7.86. The first-order valence-electron chi connectivity index (χ1n) is 9.58. The van der Waals surface area contributed by atoms with E-state index in [-0.39, 0.29) is 32.9 Å². The third kappa shape index (κ3) is 4.60. The molecule has 0 radical (unpaired) electrons. The molecule has 0 bridgehead atoms. The summed E-state index contributed by atoms with van der Waals surface area (Å²) in [6, 6.07) is 10.3. The molecule has 0 atom stereocenters. The second kappa shape index (κ2) is 8.47. The van der Waals surface area contributed by atoms with E-state index in [1.165, 1.54) is 24.3 Å². The summed E-state index contributed by atoms with van der Waals surface area (Å²) >= 11 is 0. The van der Waals surface area contributed by atoms with Crippen LogP contribution in [0.4, 0.5) is 11.4 Å². The van der Waals surface area contributed by atoms with Crippen molar-refractivity contribution >= 4 is 63.3 Å². The quantitative estimate of drug-likeness (QED) is 0.103. The zero-order valence-corrected chi connectivity index (χ0v) is 20.1. The first kappa shape index (κ1) is 25.4. The number of hydrogen-bond acceptors (Lipinski definition) is 10. The number of hydrazine groups is 1. The average molecular weight is 557 g/mol. The molecule has 13 nitrogen and oxygen atoms in total. The molecule has 0 saturated carbocycles. The lowest BCUT2D eigenvalue weighted by Crippen LogP contribution is -2.12. The fourth-order valence-electron chi connectivity index (χ4n) is 3.63. The molecule has 36 heavy (non-hydrogen) atoms. The molecule has 0 aliphatic rings. The van der Waals surface area contributed by atoms with Gasteiger partial charge >= 0.3 is 0 Å². The van der Waals surface area contributed by atoms with Gasteiger partial charge in [0.05, 0.1) is 4.90 Å². The molecule has 0 fully saturated rings. The molecule has 0 saturated heterocycles. The molecule has 190 valence electrons. The highest BCUT2D eigenvalue weighted by Crippen LogP contribution is 2.41. The monoisotopic (exact) mass is 556 g/mol. The van der Waals surface area contributed by atoms with E-state index < -0.39 is 56.5 Å². The van der Waals surface area contributed by atoms with Gasteiger partial charge in [-0.25, -0.2) is 0 Å². The van der Waals surface area contributed by atoms with Gasteiger partial charge in [-0.05, 0) is 23.6 Å². The number of phenols is 2. The second-order valence-electron chi connectivity index (χ2n) is 7.47. The van der Waals surface area contributed by atoms with Crippen molar-refractivity contribution in [3.8, 4) is 11.5 Å². The molecular formula is C20H16N2O11S3. The molecule has 0 unspecified atom stereocenters. The Hall–Kier alpha value is -3.67. The van der Waals surface area contributed by atoms with Crippen molar-refractivity contribution in [1.82, 2.24) is 0 Å². The van der Waals surface area contributed by atoms with Crippen LogP contribution in [0.1, 0.15) is 0 Å². The Kier molecular flexibility index (Phi) is 5.98. The zero-order valence-electron chi connectivity index (χ0n) is 17.6. The third-order valence-electron chi connectivity index (χ3n) is 5.20. The van der Waals surface area contributed by atoms with E-state index in [1.807, 2.05) is 0 Å². The molecule has 0 aromatic heterocycles. The minimum absolute atomic E-state index is 0.0145. The molecule has 0 spiro atoms. The largest absolute Gasteiger partial charge is 0.506 e. The average Bonchev–Trinajstić information content (AvgIpc) is 2.76. The van der Waals surface area contributed by atoms with Crippen molar-refractivity contribution < 1.29 is 49.1 Å². The maximum atomic E-state index is 11.8. The predicted octanol–water partition coefficient (Wildman–Crippen LogP) is 2.58. The van der Waals surface area contributed by atoms with Crippen LogP contribution >= 0.6 is 0 Å². The van der Waals surface area contributed by atoms with Crippen molar-refractivity contribution in [2.45, 2.75) is 14.7 Å². The molecule has 0 aliphatic heterocycles. The van der Waals surface area contributed by atoms with Gasteiger partial charge in [-0.1, -0.05) is 30.3 Å². The van der Waals surface area contributed by atoms with Gasteiger partial charge in [-0.3, -0.25) is 24.5 Å². The minimum Gasteiger partial charge on any atom is -0.506 e. The Morgan fingerprint density at radius 2 is 1.17 bits per heavy atom. The van der Waals surface area contributed by atoms with Crippen LogP contribution in [-0.2, 0) is 30.4 Å². The van der Waals surface area contributed by atoms with E-state index in [2.05, 4.69) is 10.9 Å². The van der Waals surface area contributed by atoms with E-state index in [1.54, 1.807) is 0 Å². The van der Waals surface area contributed by atoms with Crippen LogP contribution in [0.3, 0.4) is 0 Å². The highest BCUT2D eigenvalue weighted by atomic mass is 32.2. The van der Waals surface area contributed by atoms with Gasteiger partial charge in [-0.2, -0.15) is 25.3 Å².